The van der Waals surface area contributed by atoms with Crippen LogP contribution < -0.4 is 0 Å². The van der Waals surface area contributed by atoms with E-state index in [0.29, 0.717) is 0 Å². The van der Waals surface area contributed by atoms with Crippen molar-refractivity contribution in [3.05, 3.63) is 91.8 Å². The van der Waals surface area contributed by atoms with Gasteiger partial charge in [-0.25, -0.2) is 0 Å². The van der Waals surface area contributed by atoms with Crippen LogP contribution >= 0.6 is 29.1 Å². The molecule has 0 radical (unpaired) electrons. The van der Waals surface area contributed by atoms with Crippen molar-refractivity contribution in [2.24, 2.45) is 0 Å². The zero-order chi connectivity index (χ0) is 16.3. The van der Waals surface area contributed by atoms with Gasteiger partial charge in [-0.3, -0.25) is 15.0 Å². The minimum absolute atomic E-state index is 1.75. The number of halogens is 3. The van der Waals surface area contributed by atoms with Gasteiger partial charge in [-0.05, 0) is 36.4 Å². The van der Waals surface area contributed by atoms with Crippen LogP contribution in [0.3, 0.4) is 0 Å². The van der Waals surface area contributed by atoms with E-state index in [4.69, 9.17) is 29.1 Å². The van der Waals surface area contributed by atoms with E-state index in [1.165, 1.54) is 0 Å². The minimum Gasteiger partial charge on any atom is -0.265 e. The molecule has 3 rings (SSSR count). The van der Waals surface area contributed by atoms with E-state index in [-0.39, 0.29) is 0 Å². The predicted molar refractivity (Wildman–Crippen MR) is 90.3 cm³/mol. The maximum atomic E-state index is 4.95. The summed E-state index contributed by atoms with van der Waals surface area (Å²) in [4.78, 5) is 11.4. The van der Waals surface area contributed by atoms with Crippen LogP contribution in [0.5, 0.6) is 0 Å². The normalized spacial score (nSPS) is 8.59. The third kappa shape index (κ3) is 21.2. The summed E-state index contributed by atoms with van der Waals surface area (Å²) in [5.41, 5.74) is 0. The van der Waals surface area contributed by atoms with E-state index in [2.05, 4.69) is 15.0 Å². The Morgan fingerprint density at radius 3 is 0.636 bits per heavy atom. The van der Waals surface area contributed by atoms with Crippen LogP contribution in [-0.2, 0) is 13.0 Å². The average molecular weight is 445 g/mol. The summed E-state index contributed by atoms with van der Waals surface area (Å²) in [6.07, 6.45) is 10.5. The smallest absolute Gasteiger partial charge is 0.0267 e. The summed E-state index contributed by atoms with van der Waals surface area (Å²) in [5, 5.41) is 0. The molecule has 0 fully saturated rings. The fraction of sp³-hybridized carbons (Fsp3) is 0. The summed E-state index contributed by atoms with van der Waals surface area (Å²) in [7, 11) is 14.8. The van der Waals surface area contributed by atoms with Gasteiger partial charge in [0.15, 0.2) is 0 Å². The third-order valence-corrected chi connectivity index (χ3v) is 1.70. The molecular formula is C15H15Cl3N3Ru. The molecule has 0 aliphatic heterocycles. The van der Waals surface area contributed by atoms with Crippen molar-refractivity contribution >= 4 is 29.1 Å². The molecule has 3 nitrogen and oxygen atoms in total. The topological polar surface area (TPSA) is 38.7 Å². The van der Waals surface area contributed by atoms with Crippen molar-refractivity contribution in [2.45, 2.75) is 0 Å². The number of hydrogen-bond donors (Lipinski definition) is 0. The van der Waals surface area contributed by atoms with Crippen molar-refractivity contribution in [3.63, 3.8) is 0 Å². The Morgan fingerprint density at radius 1 is 0.409 bits per heavy atom. The van der Waals surface area contributed by atoms with Crippen molar-refractivity contribution in [2.75, 3.05) is 0 Å². The molecule has 0 aliphatic rings. The zero-order valence-electron chi connectivity index (χ0n) is 11.5. The fourth-order valence-electron chi connectivity index (χ4n) is 0.938. The van der Waals surface area contributed by atoms with Gasteiger partial charge in [-0.15, -0.1) is 0 Å². The van der Waals surface area contributed by atoms with Crippen molar-refractivity contribution in [1.82, 2.24) is 15.0 Å². The van der Waals surface area contributed by atoms with Crippen LogP contribution in [0.2, 0.25) is 0 Å². The van der Waals surface area contributed by atoms with Gasteiger partial charge in [-0.2, -0.15) is 0 Å². The molecule has 0 saturated heterocycles. The standard InChI is InChI=1S/3C5H5N.3ClH.Ru/c3*1-2-4-6-5-3-1;;;;/h3*1-5H;3*1H;/q;;;;;;+3/p-3. The van der Waals surface area contributed by atoms with Gasteiger partial charge in [0.05, 0.1) is 0 Å². The monoisotopic (exact) mass is 444 g/mol. The third-order valence-electron chi connectivity index (χ3n) is 1.70. The molecule has 0 unspecified atom stereocenters. The molecule has 0 aliphatic carbocycles. The predicted octanol–water partition coefficient (Wildman–Crippen LogP) is 5.31. The van der Waals surface area contributed by atoms with Gasteiger partial charge in [0.2, 0.25) is 0 Å². The van der Waals surface area contributed by atoms with E-state index in [1.54, 1.807) is 37.2 Å². The van der Waals surface area contributed by atoms with Crippen LogP contribution in [0, 0.1) is 0 Å². The molecule has 22 heavy (non-hydrogen) atoms. The SMILES string of the molecule is [Cl][Ru]([Cl])[Cl].c1ccncc1.c1ccncc1.c1ccncc1. The average Bonchev–Trinajstić information content (AvgIpc) is 2.60. The first kappa shape index (κ1) is 20.9. The maximum absolute atomic E-state index is 4.95. The summed E-state index contributed by atoms with van der Waals surface area (Å²) < 4.78 is 0. The summed E-state index contributed by atoms with van der Waals surface area (Å²) in [6, 6.07) is 17.1. The number of nitrogens with zero attached hydrogens (tertiary/aromatic N) is 3. The Kier molecular flexibility index (Phi) is 17.1. The van der Waals surface area contributed by atoms with E-state index >= 15 is 0 Å². The van der Waals surface area contributed by atoms with Gasteiger partial charge in [-0.1, -0.05) is 18.2 Å². The number of pyridine rings is 3. The fourth-order valence-corrected chi connectivity index (χ4v) is 0.938. The molecule has 0 N–H and O–H groups in total. The minimum atomic E-state index is -1.75. The second-order valence-electron chi connectivity index (χ2n) is 3.23. The van der Waals surface area contributed by atoms with Crippen molar-refractivity contribution < 1.29 is 13.0 Å². The Balaban J connectivity index is 0.000000271. The number of rotatable bonds is 0. The molecule has 0 aromatic carbocycles. The molecule has 3 heterocycles. The van der Waals surface area contributed by atoms with Crippen molar-refractivity contribution in [3.8, 4) is 0 Å². The number of aromatic nitrogens is 3. The molecule has 3 aromatic rings. The molecule has 0 amide bonds. The summed E-state index contributed by atoms with van der Waals surface area (Å²) in [6.45, 7) is 0. The van der Waals surface area contributed by atoms with Crippen LogP contribution in [0.4, 0.5) is 0 Å². The molecule has 0 spiro atoms. The van der Waals surface area contributed by atoms with E-state index < -0.39 is 13.0 Å². The first-order valence-corrected chi connectivity index (χ1v) is 12.7. The van der Waals surface area contributed by atoms with Crippen LogP contribution in [-0.4, -0.2) is 15.0 Å². The summed E-state index contributed by atoms with van der Waals surface area (Å²) in [5.74, 6) is 0. The largest absolute Gasteiger partial charge is 0.265 e. The van der Waals surface area contributed by atoms with Crippen LogP contribution in [0.25, 0.3) is 0 Å². The maximum Gasteiger partial charge on any atom is 0.0267 e. The summed E-state index contributed by atoms with van der Waals surface area (Å²) >= 11 is -1.75. The zero-order valence-corrected chi connectivity index (χ0v) is 15.5. The number of hydrogen-bond acceptors (Lipinski definition) is 3. The molecule has 7 heteroatoms. The second kappa shape index (κ2) is 18.0. The van der Waals surface area contributed by atoms with Crippen molar-refractivity contribution in [1.29, 1.82) is 0 Å². The van der Waals surface area contributed by atoms with E-state index in [0.717, 1.165) is 0 Å². The first-order valence-electron chi connectivity index (χ1n) is 5.95. The first-order chi connectivity index (χ1) is 10.7. The molecule has 119 valence electrons. The Bertz CT molecular complexity index is 358. The van der Waals surface area contributed by atoms with Crippen LogP contribution in [0.15, 0.2) is 91.8 Å². The molecular weight excluding hydrogens is 430 g/mol. The van der Waals surface area contributed by atoms with Gasteiger partial charge in [0.1, 0.15) is 0 Å². The molecule has 3 aromatic heterocycles. The quantitative estimate of drug-likeness (QED) is 0.441. The molecule has 0 atom stereocenters. The van der Waals surface area contributed by atoms with Gasteiger partial charge >= 0.3 is 42.1 Å². The van der Waals surface area contributed by atoms with E-state index in [1.807, 2.05) is 54.6 Å². The Hall–Kier alpha value is -1.06. The molecule has 0 saturated carbocycles. The van der Waals surface area contributed by atoms with Gasteiger partial charge < -0.3 is 0 Å². The Morgan fingerprint density at radius 2 is 0.591 bits per heavy atom. The van der Waals surface area contributed by atoms with Crippen LogP contribution in [0.1, 0.15) is 0 Å². The van der Waals surface area contributed by atoms with Gasteiger partial charge in [0.25, 0.3) is 0 Å². The second-order valence-corrected chi connectivity index (χ2v) is 11.1. The Labute approximate surface area is 148 Å². The van der Waals surface area contributed by atoms with Gasteiger partial charge in [0, 0.05) is 37.2 Å². The van der Waals surface area contributed by atoms with E-state index in [9.17, 15) is 0 Å². The molecule has 0 bridgehead atoms.